The molecule has 1 aromatic rings. The molecular formula is C13H16ClFN2O3S. The Bertz CT molecular complexity index is 651. The van der Waals surface area contributed by atoms with Crippen LogP contribution in [0, 0.1) is 5.82 Å². The van der Waals surface area contributed by atoms with Crippen LogP contribution in [0.5, 0.6) is 0 Å². The Morgan fingerprint density at radius 2 is 2.19 bits per heavy atom. The van der Waals surface area contributed by atoms with Crippen LogP contribution in [0.25, 0.3) is 0 Å². The van der Waals surface area contributed by atoms with E-state index in [1.54, 1.807) is 0 Å². The molecule has 1 aliphatic rings. The Kier molecular flexibility index (Phi) is 4.85. The zero-order valence-corrected chi connectivity index (χ0v) is 13.0. The summed E-state index contributed by atoms with van der Waals surface area (Å²) in [6, 6.07) is 3.41. The van der Waals surface area contributed by atoms with E-state index in [9.17, 15) is 17.6 Å². The molecule has 0 bridgehead atoms. The number of carbonyl (C=O) groups excluding carboxylic acids is 1. The van der Waals surface area contributed by atoms with Crippen LogP contribution < -0.4 is 5.32 Å². The Labute approximate surface area is 128 Å². The van der Waals surface area contributed by atoms with Crippen molar-refractivity contribution in [3.8, 4) is 0 Å². The number of rotatable bonds is 3. The topological polar surface area (TPSA) is 66.5 Å². The monoisotopic (exact) mass is 334 g/mol. The number of hydrogen-bond donors (Lipinski definition) is 1. The fourth-order valence-corrected chi connectivity index (χ4v) is 3.38. The molecule has 0 radical (unpaired) electrons. The van der Waals surface area contributed by atoms with Crippen molar-refractivity contribution >= 4 is 27.5 Å². The maximum absolute atomic E-state index is 13.6. The van der Waals surface area contributed by atoms with Gasteiger partial charge in [-0.25, -0.2) is 17.1 Å². The maximum atomic E-state index is 13.6. The highest BCUT2D eigenvalue weighted by molar-refractivity contribution is 7.88. The van der Waals surface area contributed by atoms with Crippen molar-refractivity contribution in [2.75, 3.05) is 19.3 Å². The Hall–Kier alpha value is -1.18. The fourth-order valence-electron chi connectivity index (χ4n) is 2.30. The molecule has 0 aromatic heterocycles. The summed E-state index contributed by atoms with van der Waals surface area (Å²) >= 11 is 5.75. The first-order chi connectivity index (χ1) is 9.77. The Morgan fingerprint density at radius 3 is 2.86 bits per heavy atom. The number of amides is 1. The quantitative estimate of drug-likeness (QED) is 0.913. The highest BCUT2D eigenvalue weighted by Gasteiger charge is 2.27. The number of sulfonamides is 1. The van der Waals surface area contributed by atoms with Crippen molar-refractivity contribution in [3.63, 3.8) is 0 Å². The highest BCUT2D eigenvalue weighted by Crippen LogP contribution is 2.17. The van der Waals surface area contributed by atoms with Crippen LogP contribution in [0.2, 0.25) is 5.02 Å². The lowest BCUT2D eigenvalue weighted by Crippen LogP contribution is -2.49. The van der Waals surface area contributed by atoms with E-state index in [0.717, 1.165) is 12.3 Å². The summed E-state index contributed by atoms with van der Waals surface area (Å²) in [7, 11) is -3.29. The summed E-state index contributed by atoms with van der Waals surface area (Å²) in [5.41, 5.74) is -0.140. The SMILES string of the molecule is CS(=O)(=O)N1CCCC(NC(=O)c2cc(Cl)ccc2F)C1. The van der Waals surface area contributed by atoms with Crippen LogP contribution >= 0.6 is 11.6 Å². The molecule has 1 aromatic carbocycles. The molecule has 1 unspecified atom stereocenters. The second-order valence-corrected chi connectivity index (χ2v) is 7.48. The van der Waals surface area contributed by atoms with Crippen LogP contribution in [0.4, 0.5) is 4.39 Å². The molecule has 5 nitrogen and oxygen atoms in total. The average molecular weight is 335 g/mol. The van der Waals surface area contributed by atoms with Gasteiger partial charge in [0.2, 0.25) is 10.0 Å². The van der Waals surface area contributed by atoms with Crippen molar-refractivity contribution in [1.29, 1.82) is 0 Å². The first-order valence-electron chi connectivity index (χ1n) is 6.48. The molecule has 21 heavy (non-hydrogen) atoms. The third-order valence-electron chi connectivity index (χ3n) is 3.36. The molecule has 1 heterocycles. The zero-order valence-electron chi connectivity index (χ0n) is 11.5. The third-order valence-corrected chi connectivity index (χ3v) is 4.87. The van der Waals surface area contributed by atoms with Gasteiger partial charge in [0.1, 0.15) is 5.82 Å². The molecule has 1 aliphatic heterocycles. The van der Waals surface area contributed by atoms with E-state index >= 15 is 0 Å². The van der Waals surface area contributed by atoms with E-state index in [-0.39, 0.29) is 23.2 Å². The number of piperidine rings is 1. The van der Waals surface area contributed by atoms with Crippen molar-refractivity contribution in [2.45, 2.75) is 18.9 Å². The number of halogens is 2. The van der Waals surface area contributed by atoms with Gasteiger partial charge < -0.3 is 5.32 Å². The Morgan fingerprint density at radius 1 is 1.48 bits per heavy atom. The van der Waals surface area contributed by atoms with Crippen LogP contribution in [-0.4, -0.2) is 44.0 Å². The second kappa shape index (κ2) is 6.29. The number of nitrogens with one attached hydrogen (secondary N) is 1. The summed E-state index contributed by atoms with van der Waals surface area (Å²) in [6.45, 7) is 0.642. The third kappa shape index (κ3) is 4.15. The molecular weight excluding hydrogens is 319 g/mol. The van der Waals surface area contributed by atoms with Gasteiger partial charge in [0, 0.05) is 24.2 Å². The van der Waals surface area contributed by atoms with Gasteiger partial charge in [-0.3, -0.25) is 4.79 Å². The molecule has 1 fully saturated rings. The minimum Gasteiger partial charge on any atom is -0.348 e. The normalized spacial score (nSPS) is 20.2. The number of nitrogens with zero attached hydrogens (tertiary/aromatic N) is 1. The van der Waals surface area contributed by atoms with E-state index in [4.69, 9.17) is 11.6 Å². The molecule has 116 valence electrons. The Balaban J connectivity index is 2.07. The highest BCUT2D eigenvalue weighted by atomic mass is 35.5. The molecule has 1 amide bonds. The van der Waals surface area contributed by atoms with Crippen molar-refractivity contribution in [2.24, 2.45) is 0 Å². The van der Waals surface area contributed by atoms with Gasteiger partial charge in [0.25, 0.3) is 5.91 Å². The lowest BCUT2D eigenvalue weighted by atomic mass is 10.1. The molecule has 8 heteroatoms. The van der Waals surface area contributed by atoms with Gasteiger partial charge in [-0.1, -0.05) is 11.6 Å². The number of hydrogen-bond acceptors (Lipinski definition) is 3. The molecule has 2 rings (SSSR count). The van der Waals surface area contributed by atoms with Gasteiger partial charge in [0.15, 0.2) is 0 Å². The predicted octanol–water partition coefficient (Wildman–Crippen LogP) is 1.63. The summed E-state index contributed by atoms with van der Waals surface area (Å²) < 4.78 is 38.0. The smallest absolute Gasteiger partial charge is 0.254 e. The van der Waals surface area contributed by atoms with Crippen molar-refractivity contribution in [1.82, 2.24) is 9.62 Å². The van der Waals surface area contributed by atoms with Gasteiger partial charge in [-0.05, 0) is 31.0 Å². The minimum absolute atomic E-state index is 0.140. The van der Waals surface area contributed by atoms with E-state index in [1.165, 1.54) is 16.4 Å². The number of benzene rings is 1. The van der Waals surface area contributed by atoms with Gasteiger partial charge in [-0.2, -0.15) is 0 Å². The van der Waals surface area contributed by atoms with Crippen LogP contribution in [0.1, 0.15) is 23.2 Å². The summed E-state index contributed by atoms with van der Waals surface area (Å²) in [5.74, 6) is -1.25. The van der Waals surface area contributed by atoms with E-state index in [1.807, 2.05) is 0 Å². The van der Waals surface area contributed by atoms with Crippen LogP contribution in [0.15, 0.2) is 18.2 Å². The van der Waals surface area contributed by atoms with Crippen LogP contribution in [0.3, 0.4) is 0 Å². The molecule has 0 spiro atoms. The summed E-state index contributed by atoms with van der Waals surface area (Å²) in [4.78, 5) is 12.1. The maximum Gasteiger partial charge on any atom is 0.254 e. The second-order valence-electron chi connectivity index (χ2n) is 5.06. The molecule has 0 aliphatic carbocycles. The lowest BCUT2D eigenvalue weighted by molar-refractivity contribution is 0.0917. The predicted molar refractivity (Wildman–Crippen MR) is 78.3 cm³/mol. The van der Waals surface area contributed by atoms with Gasteiger partial charge >= 0.3 is 0 Å². The largest absolute Gasteiger partial charge is 0.348 e. The minimum atomic E-state index is -3.29. The first-order valence-corrected chi connectivity index (χ1v) is 8.71. The molecule has 0 saturated carbocycles. The van der Waals surface area contributed by atoms with Gasteiger partial charge in [-0.15, -0.1) is 0 Å². The zero-order chi connectivity index (χ0) is 15.6. The first kappa shape index (κ1) is 16.2. The molecule has 1 saturated heterocycles. The molecule has 1 N–H and O–H groups in total. The fraction of sp³-hybridized carbons (Fsp3) is 0.462. The van der Waals surface area contributed by atoms with E-state index in [0.29, 0.717) is 19.4 Å². The van der Waals surface area contributed by atoms with Crippen LogP contribution in [-0.2, 0) is 10.0 Å². The van der Waals surface area contributed by atoms with Crippen molar-refractivity contribution < 1.29 is 17.6 Å². The lowest BCUT2D eigenvalue weighted by Gasteiger charge is -2.31. The summed E-state index contributed by atoms with van der Waals surface area (Å²) in [6.07, 6.45) is 2.43. The number of carbonyl (C=O) groups is 1. The van der Waals surface area contributed by atoms with Crippen molar-refractivity contribution in [3.05, 3.63) is 34.6 Å². The average Bonchev–Trinajstić information content (AvgIpc) is 2.41. The van der Waals surface area contributed by atoms with E-state index in [2.05, 4.69) is 5.32 Å². The standard InChI is InChI=1S/C13H16ClFN2O3S/c1-21(19,20)17-6-2-3-10(8-17)16-13(18)11-7-9(14)4-5-12(11)15/h4-5,7,10H,2-3,6,8H2,1H3,(H,16,18). The molecule has 1 atom stereocenters. The summed E-state index contributed by atoms with van der Waals surface area (Å²) in [5, 5.41) is 2.93. The van der Waals surface area contributed by atoms with Gasteiger partial charge in [0.05, 0.1) is 11.8 Å². The van der Waals surface area contributed by atoms with E-state index < -0.39 is 21.7 Å².